The molecule has 1 N–H and O–H groups in total. The molecule has 0 saturated carbocycles. The molecule has 18 heavy (non-hydrogen) atoms. The van der Waals surface area contributed by atoms with E-state index in [-0.39, 0.29) is 5.75 Å². The number of phenols is 1. The van der Waals surface area contributed by atoms with E-state index in [0.717, 1.165) is 11.1 Å². The average Bonchev–Trinajstić information content (AvgIpc) is 2.39. The van der Waals surface area contributed by atoms with Crippen molar-refractivity contribution in [2.45, 2.75) is 6.92 Å². The summed E-state index contributed by atoms with van der Waals surface area (Å²) in [4.78, 5) is 0. The minimum Gasteiger partial charge on any atom is -0.508 e. The highest BCUT2D eigenvalue weighted by molar-refractivity contribution is 5.89. The summed E-state index contributed by atoms with van der Waals surface area (Å²) < 4.78 is 0. The maximum atomic E-state index is 9.21. The average molecular weight is 235 g/mol. The van der Waals surface area contributed by atoms with Gasteiger partial charge in [0.1, 0.15) is 5.75 Å². The van der Waals surface area contributed by atoms with Crippen LogP contribution in [0, 0.1) is 18.3 Å². The van der Waals surface area contributed by atoms with Gasteiger partial charge in [0.05, 0.1) is 11.6 Å². The van der Waals surface area contributed by atoms with Crippen LogP contribution in [-0.2, 0) is 0 Å². The van der Waals surface area contributed by atoms with Crippen LogP contribution in [0.1, 0.15) is 16.7 Å². The lowest BCUT2D eigenvalue weighted by atomic mass is 10.0. The van der Waals surface area contributed by atoms with Gasteiger partial charge in [-0.3, -0.25) is 0 Å². The van der Waals surface area contributed by atoms with Crippen LogP contribution in [-0.4, -0.2) is 5.11 Å². The first kappa shape index (κ1) is 11.9. The lowest BCUT2D eigenvalue weighted by Gasteiger charge is -2.01. The number of phenolic OH excluding ortho intramolecular Hbond substituents is 1. The van der Waals surface area contributed by atoms with E-state index in [1.807, 2.05) is 37.3 Å². The summed E-state index contributed by atoms with van der Waals surface area (Å²) in [7, 11) is 0. The molecule has 0 heterocycles. The van der Waals surface area contributed by atoms with Gasteiger partial charge in [-0.15, -0.1) is 0 Å². The summed E-state index contributed by atoms with van der Waals surface area (Å²) in [6.45, 7) is 2.01. The molecule has 0 spiro atoms. The quantitative estimate of drug-likeness (QED) is 0.636. The summed E-state index contributed by atoms with van der Waals surface area (Å²) in [6, 6.07) is 16.8. The van der Waals surface area contributed by atoms with E-state index < -0.39 is 0 Å². The highest BCUT2D eigenvalue weighted by Gasteiger charge is 2.00. The fourth-order valence-electron chi connectivity index (χ4n) is 1.65. The van der Waals surface area contributed by atoms with Crippen LogP contribution in [0.15, 0.2) is 48.5 Å². The second-order valence-electron chi connectivity index (χ2n) is 4.13. The summed E-state index contributed by atoms with van der Waals surface area (Å²) in [5, 5.41) is 18.4. The molecule has 0 atom stereocenters. The summed E-state index contributed by atoms with van der Waals surface area (Å²) >= 11 is 0. The number of allylic oxidation sites excluding steroid dienone is 1. The Kier molecular flexibility index (Phi) is 3.45. The Morgan fingerprint density at radius 3 is 2.22 bits per heavy atom. The van der Waals surface area contributed by atoms with Crippen molar-refractivity contribution in [3.05, 3.63) is 65.2 Å². The van der Waals surface area contributed by atoms with Crippen LogP contribution < -0.4 is 0 Å². The van der Waals surface area contributed by atoms with Crippen LogP contribution >= 0.6 is 0 Å². The Hall–Kier alpha value is -2.53. The predicted molar refractivity (Wildman–Crippen MR) is 72.8 cm³/mol. The summed E-state index contributed by atoms with van der Waals surface area (Å²) in [6.07, 6.45) is 1.81. The van der Waals surface area contributed by atoms with Crippen molar-refractivity contribution in [1.82, 2.24) is 0 Å². The normalized spacial score (nSPS) is 11.0. The molecule has 0 aromatic heterocycles. The first-order chi connectivity index (χ1) is 8.69. The van der Waals surface area contributed by atoms with Crippen LogP contribution in [0.3, 0.4) is 0 Å². The largest absolute Gasteiger partial charge is 0.508 e. The Labute approximate surface area is 106 Å². The monoisotopic (exact) mass is 235 g/mol. The Morgan fingerprint density at radius 2 is 1.67 bits per heavy atom. The van der Waals surface area contributed by atoms with Crippen molar-refractivity contribution >= 4 is 11.6 Å². The number of rotatable bonds is 2. The van der Waals surface area contributed by atoms with Gasteiger partial charge in [0, 0.05) is 0 Å². The van der Waals surface area contributed by atoms with E-state index >= 15 is 0 Å². The fraction of sp³-hybridized carbons (Fsp3) is 0.0625. The molecule has 88 valence electrons. The van der Waals surface area contributed by atoms with E-state index in [9.17, 15) is 10.4 Å². The van der Waals surface area contributed by atoms with Crippen molar-refractivity contribution in [3.8, 4) is 11.8 Å². The third-order valence-electron chi connectivity index (χ3n) is 2.69. The minimum absolute atomic E-state index is 0.223. The number of hydrogen-bond donors (Lipinski definition) is 1. The van der Waals surface area contributed by atoms with Gasteiger partial charge in [0.15, 0.2) is 0 Å². The summed E-state index contributed by atoms with van der Waals surface area (Å²) in [5.74, 6) is 0.223. The van der Waals surface area contributed by atoms with Gasteiger partial charge in [-0.25, -0.2) is 0 Å². The smallest absolute Gasteiger partial charge is 0.115 e. The second kappa shape index (κ2) is 5.20. The highest BCUT2D eigenvalue weighted by Crippen LogP contribution is 2.19. The first-order valence-electron chi connectivity index (χ1n) is 5.67. The third kappa shape index (κ3) is 2.78. The molecule has 2 heteroatoms. The van der Waals surface area contributed by atoms with Crippen LogP contribution in [0.4, 0.5) is 0 Å². The van der Waals surface area contributed by atoms with Gasteiger partial charge in [-0.2, -0.15) is 5.26 Å². The lowest BCUT2D eigenvalue weighted by molar-refractivity contribution is 0.475. The predicted octanol–water partition coefficient (Wildman–Crippen LogP) is 3.76. The first-order valence-corrected chi connectivity index (χ1v) is 5.67. The van der Waals surface area contributed by atoms with E-state index in [1.54, 1.807) is 24.3 Å². The molecule has 2 aromatic carbocycles. The number of nitriles is 1. The molecule has 0 unspecified atom stereocenters. The van der Waals surface area contributed by atoms with E-state index in [4.69, 9.17) is 0 Å². The number of aromatic hydroxyl groups is 1. The molecule has 0 amide bonds. The third-order valence-corrected chi connectivity index (χ3v) is 2.69. The van der Waals surface area contributed by atoms with Crippen LogP contribution in [0.2, 0.25) is 0 Å². The number of hydrogen-bond acceptors (Lipinski definition) is 2. The highest BCUT2D eigenvalue weighted by atomic mass is 16.3. The number of aryl methyl sites for hydroxylation is 1. The van der Waals surface area contributed by atoms with Gasteiger partial charge >= 0.3 is 0 Å². The van der Waals surface area contributed by atoms with Gasteiger partial charge < -0.3 is 5.11 Å². The zero-order valence-electron chi connectivity index (χ0n) is 10.1. The Bertz CT molecular complexity index is 601. The van der Waals surface area contributed by atoms with Gasteiger partial charge in [0.25, 0.3) is 0 Å². The molecule has 0 aliphatic rings. The zero-order valence-corrected chi connectivity index (χ0v) is 10.1. The number of benzene rings is 2. The van der Waals surface area contributed by atoms with Gasteiger partial charge in [-0.05, 0) is 36.3 Å². The molecule has 2 nitrogen and oxygen atoms in total. The van der Waals surface area contributed by atoms with Gasteiger partial charge in [0.2, 0.25) is 0 Å². The topological polar surface area (TPSA) is 44.0 Å². The molecule has 2 aromatic rings. The van der Waals surface area contributed by atoms with Gasteiger partial charge in [-0.1, -0.05) is 42.0 Å². The summed E-state index contributed by atoms with van der Waals surface area (Å²) in [5.41, 5.74) is 3.57. The van der Waals surface area contributed by atoms with Crippen molar-refractivity contribution < 1.29 is 5.11 Å². The Balaban J connectivity index is 2.37. The van der Waals surface area contributed by atoms with Crippen molar-refractivity contribution in [1.29, 1.82) is 5.26 Å². The second-order valence-corrected chi connectivity index (χ2v) is 4.13. The lowest BCUT2D eigenvalue weighted by Crippen LogP contribution is -1.82. The van der Waals surface area contributed by atoms with Crippen LogP contribution in [0.5, 0.6) is 5.75 Å². The van der Waals surface area contributed by atoms with E-state index in [0.29, 0.717) is 5.57 Å². The molecule has 0 saturated heterocycles. The zero-order chi connectivity index (χ0) is 13.0. The van der Waals surface area contributed by atoms with Crippen molar-refractivity contribution in [2.75, 3.05) is 0 Å². The van der Waals surface area contributed by atoms with E-state index in [2.05, 4.69) is 6.07 Å². The van der Waals surface area contributed by atoms with E-state index in [1.165, 1.54) is 5.56 Å². The molecule has 0 radical (unpaired) electrons. The van der Waals surface area contributed by atoms with Crippen molar-refractivity contribution in [2.24, 2.45) is 0 Å². The minimum atomic E-state index is 0.223. The maximum Gasteiger partial charge on any atom is 0.115 e. The molecule has 0 bridgehead atoms. The molecule has 2 rings (SSSR count). The molecule has 0 aliphatic heterocycles. The maximum absolute atomic E-state index is 9.21. The van der Waals surface area contributed by atoms with Crippen LogP contribution in [0.25, 0.3) is 11.6 Å². The molecular formula is C16H13NO. The number of nitrogens with zero attached hydrogens (tertiary/aromatic N) is 1. The molecule has 0 fully saturated rings. The Morgan fingerprint density at radius 1 is 1.06 bits per heavy atom. The molecular weight excluding hydrogens is 222 g/mol. The standard InChI is InChI=1S/C16H13NO/c1-12-2-6-14(7-3-12)15(11-17)10-13-4-8-16(18)9-5-13/h2-10,18H,1H3/b15-10-. The fourth-order valence-corrected chi connectivity index (χ4v) is 1.65. The SMILES string of the molecule is Cc1ccc(/C(C#N)=C\c2ccc(O)cc2)cc1. The molecule has 0 aliphatic carbocycles. The van der Waals surface area contributed by atoms with Crippen molar-refractivity contribution in [3.63, 3.8) is 0 Å².